The molecule has 1 saturated heterocycles. The summed E-state index contributed by atoms with van der Waals surface area (Å²) >= 11 is 1.49. The molecule has 1 fully saturated rings. The number of morpholine rings is 1. The molecule has 34 heavy (non-hydrogen) atoms. The number of carboxylic acid groups (broad SMARTS) is 1. The van der Waals surface area contributed by atoms with E-state index >= 15 is 0 Å². The van der Waals surface area contributed by atoms with Gasteiger partial charge in [0.05, 0.1) is 41.1 Å². The van der Waals surface area contributed by atoms with Gasteiger partial charge in [-0.05, 0) is 41.5 Å². The molecule has 2 N–H and O–H groups in total. The zero-order valence-electron chi connectivity index (χ0n) is 18.4. The molecule has 7 nitrogen and oxygen atoms in total. The van der Waals surface area contributed by atoms with Crippen molar-refractivity contribution in [1.82, 2.24) is 4.98 Å². The Morgan fingerprint density at radius 1 is 1.00 bits per heavy atom. The van der Waals surface area contributed by atoms with Crippen LogP contribution in [0.5, 0.6) is 0 Å². The second kappa shape index (κ2) is 9.62. The van der Waals surface area contributed by atoms with Crippen molar-refractivity contribution in [3.8, 4) is 11.1 Å². The van der Waals surface area contributed by atoms with Gasteiger partial charge in [0.1, 0.15) is 5.01 Å². The monoisotopic (exact) mass is 473 g/mol. The molecule has 2 heterocycles. The summed E-state index contributed by atoms with van der Waals surface area (Å²) < 4.78 is 6.37. The predicted octanol–water partition coefficient (Wildman–Crippen LogP) is 4.68. The van der Waals surface area contributed by atoms with Crippen LogP contribution in [0.3, 0.4) is 0 Å². The standard InChI is InChI=1S/C26H23N3O4S/c30-24(27-19-7-9-22(20(15-19)26(31)32)29-10-12-33-13-11-29)16-25-28-21-8-6-18(14-23(21)34-25)17-4-2-1-3-5-17/h1-9,14-15H,10-13,16H2,(H,27,30)(H,31,32). The molecule has 4 aromatic rings. The average molecular weight is 474 g/mol. The van der Waals surface area contributed by atoms with Gasteiger partial charge in [-0.3, -0.25) is 4.79 Å². The number of aromatic nitrogens is 1. The maximum atomic E-state index is 12.7. The van der Waals surface area contributed by atoms with Crippen LogP contribution in [0.2, 0.25) is 0 Å². The smallest absolute Gasteiger partial charge is 0.337 e. The SMILES string of the molecule is O=C(Cc1nc2ccc(-c3ccccc3)cc2s1)Nc1ccc(N2CCOCC2)c(C(=O)O)c1. The topological polar surface area (TPSA) is 91.8 Å². The van der Waals surface area contributed by atoms with Gasteiger partial charge in [-0.1, -0.05) is 36.4 Å². The third-order valence-corrected chi connectivity index (χ3v) is 6.73. The quantitative estimate of drug-likeness (QED) is 0.423. The molecular weight excluding hydrogens is 450 g/mol. The molecule has 1 aliphatic rings. The molecule has 0 bridgehead atoms. The first-order chi connectivity index (χ1) is 16.6. The number of aromatic carboxylic acids is 1. The molecule has 1 aliphatic heterocycles. The van der Waals surface area contributed by atoms with Crippen LogP contribution in [0.15, 0.2) is 66.7 Å². The summed E-state index contributed by atoms with van der Waals surface area (Å²) in [6, 6.07) is 21.2. The number of carboxylic acids is 1. The van der Waals surface area contributed by atoms with Crippen molar-refractivity contribution in [2.45, 2.75) is 6.42 Å². The number of benzene rings is 3. The van der Waals surface area contributed by atoms with Crippen LogP contribution in [-0.4, -0.2) is 48.3 Å². The fraction of sp³-hybridized carbons (Fsp3) is 0.192. The number of rotatable bonds is 6. The fourth-order valence-electron chi connectivity index (χ4n) is 4.07. The van der Waals surface area contributed by atoms with Gasteiger partial charge in [-0.2, -0.15) is 0 Å². The lowest BCUT2D eigenvalue weighted by Crippen LogP contribution is -2.37. The van der Waals surface area contributed by atoms with E-state index in [1.165, 1.54) is 17.4 Å². The number of nitrogens with one attached hydrogen (secondary N) is 1. The summed E-state index contributed by atoms with van der Waals surface area (Å²) in [6.45, 7) is 2.39. The van der Waals surface area contributed by atoms with E-state index in [0.29, 0.717) is 42.7 Å². The van der Waals surface area contributed by atoms with Gasteiger partial charge < -0.3 is 20.1 Å². The number of amides is 1. The number of anilines is 2. The molecule has 0 saturated carbocycles. The third-order valence-electron chi connectivity index (χ3n) is 5.71. The van der Waals surface area contributed by atoms with Gasteiger partial charge in [0.15, 0.2) is 0 Å². The maximum Gasteiger partial charge on any atom is 0.337 e. The molecule has 0 aliphatic carbocycles. The number of hydrogen-bond acceptors (Lipinski definition) is 6. The van der Waals surface area contributed by atoms with Crippen LogP contribution in [0.4, 0.5) is 11.4 Å². The molecule has 3 aromatic carbocycles. The van der Waals surface area contributed by atoms with Crippen molar-refractivity contribution in [2.75, 3.05) is 36.5 Å². The normalized spacial score (nSPS) is 13.7. The fourth-order valence-corrected chi connectivity index (χ4v) is 5.07. The first kappa shape index (κ1) is 22.1. The maximum absolute atomic E-state index is 12.7. The number of ether oxygens (including phenoxy) is 1. The molecule has 0 unspecified atom stereocenters. The number of nitrogens with zero attached hydrogens (tertiary/aromatic N) is 2. The predicted molar refractivity (Wildman–Crippen MR) is 134 cm³/mol. The largest absolute Gasteiger partial charge is 0.478 e. The van der Waals surface area contributed by atoms with Crippen molar-refractivity contribution in [2.24, 2.45) is 0 Å². The number of carbonyl (C=O) groups is 2. The Morgan fingerprint density at radius 2 is 1.79 bits per heavy atom. The molecule has 5 rings (SSSR count). The van der Waals surface area contributed by atoms with Crippen LogP contribution in [0.1, 0.15) is 15.4 Å². The van der Waals surface area contributed by atoms with Crippen LogP contribution >= 0.6 is 11.3 Å². The Balaban J connectivity index is 1.31. The van der Waals surface area contributed by atoms with E-state index in [-0.39, 0.29) is 17.9 Å². The lowest BCUT2D eigenvalue weighted by molar-refractivity contribution is -0.115. The van der Waals surface area contributed by atoms with Gasteiger partial charge in [-0.15, -0.1) is 11.3 Å². The van der Waals surface area contributed by atoms with E-state index in [0.717, 1.165) is 21.3 Å². The molecule has 0 radical (unpaired) electrons. The third kappa shape index (κ3) is 4.78. The molecule has 0 spiro atoms. The first-order valence-electron chi connectivity index (χ1n) is 11.0. The molecular formula is C26H23N3O4S. The summed E-state index contributed by atoms with van der Waals surface area (Å²) in [5.41, 5.74) is 4.34. The van der Waals surface area contributed by atoms with E-state index in [9.17, 15) is 14.7 Å². The van der Waals surface area contributed by atoms with Crippen molar-refractivity contribution in [1.29, 1.82) is 0 Å². The van der Waals surface area contributed by atoms with Crippen molar-refractivity contribution in [3.05, 3.63) is 77.3 Å². The molecule has 1 aromatic heterocycles. The van der Waals surface area contributed by atoms with Gasteiger partial charge >= 0.3 is 5.97 Å². The van der Waals surface area contributed by atoms with E-state index in [2.05, 4.69) is 28.5 Å². The number of hydrogen-bond donors (Lipinski definition) is 2. The second-order valence-corrected chi connectivity index (χ2v) is 9.13. The van der Waals surface area contributed by atoms with Gasteiger partial charge in [0, 0.05) is 18.8 Å². The average Bonchev–Trinajstić information content (AvgIpc) is 3.26. The lowest BCUT2D eigenvalue weighted by Gasteiger charge is -2.30. The highest BCUT2D eigenvalue weighted by atomic mass is 32.1. The van der Waals surface area contributed by atoms with Crippen LogP contribution < -0.4 is 10.2 Å². The summed E-state index contributed by atoms with van der Waals surface area (Å²) in [7, 11) is 0. The van der Waals surface area contributed by atoms with Crippen LogP contribution in [0.25, 0.3) is 21.3 Å². The minimum Gasteiger partial charge on any atom is -0.478 e. The van der Waals surface area contributed by atoms with E-state index in [1.807, 2.05) is 35.2 Å². The molecule has 1 amide bonds. The number of fused-ring (bicyclic) bond motifs is 1. The number of carbonyl (C=O) groups excluding carboxylic acids is 1. The summed E-state index contributed by atoms with van der Waals surface area (Å²) in [5, 5.41) is 13.2. The van der Waals surface area contributed by atoms with E-state index in [1.54, 1.807) is 12.1 Å². The Labute approximate surface area is 200 Å². The summed E-state index contributed by atoms with van der Waals surface area (Å²) in [4.78, 5) is 31.1. The Bertz CT molecular complexity index is 1350. The van der Waals surface area contributed by atoms with Gasteiger partial charge in [0.2, 0.25) is 5.91 Å². The molecule has 8 heteroatoms. The summed E-state index contributed by atoms with van der Waals surface area (Å²) in [5.74, 6) is -1.27. The Morgan fingerprint density at radius 3 is 2.56 bits per heavy atom. The van der Waals surface area contributed by atoms with Crippen molar-refractivity contribution < 1.29 is 19.4 Å². The zero-order chi connectivity index (χ0) is 23.5. The highest BCUT2D eigenvalue weighted by molar-refractivity contribution is 7.18. The zero-order valence-corrected chi connectivity index (χ0v) is 19.2. The second-order valence-electron chi connectivity index (χ2n) is 8.02. The molecule has 0 atom stereocenters. The lowest BCUT2D eigenvalue weighted by atomic mass is 10.1. The Hall–Kier alpha value is -3.75. The minimum atomic E-state index is -1.03. The van der Waals surface area contributed by atoms with Crippen LogP contribution in [-0.2, 0) is 16.0 Å². The Kier molecular flexibility index (Phi) is 6.24. The summed E-state index contributed by atoms with van der Waals surface area (Å²) in [6.07, 6.45) is 0.119. The van der Waals surface area contributed by atoms with E-state index < -0.39 is 5.97 Å². The highest BCUT2D eigenvalue weighted by Gasteiger charge is 2.19. The van der Waals surface area contributed by atoms with Crippen molar-refractivity contribution in [3.63, 3.8) is 0 Å². The van der Waals surface area contributed by atoms with Gasteiger partial charge in [0.25, 0.3) is 0 Å². The van der Waals surface area contributed by atoms with Crippen molar-refractivity contribution >= 4 is 44.8 Å². The van der Waals surface area contributed by atoms with Gasteiger partial charge in [-0.25, -0.2) is 9.78 Å². The van der Waals surface area contributed by atoms with E-state index in [4.69, 9.17) is 4.74 Å². The minimum absolute atomic E-state index is 0.119. The first-order valence-corrected chi connectivity index (χ1v) is 11.8. The highest BCUT2D eigenvalue weighted by Crippen LogP contribution is 2.29. The molecule has 172 valence electrons. The van der Waals surface area contributed by atoms with Crippen LogP contribution in [0, 0.1) is 0 Å². The number of thiazole rings is 1.